The molecule has 40 heavy (non-hydrogen) atoms. The van der Waals surface area contributed by atoms with Gasteiger partial charge in [-0.1, -0.05) is 12.1 Å². The molecule has 0 amide bonds. The van der Waals surface area contributed by atoms with Gasteiger partial charge in [0.25, 0.3) is 0 Å². The Morgan fingerprint density at radius 3 is 2.75 bits per heavy atom. The zero-order chi connectivity index (χ0) is 27.6. The lowest BCUT2D eigenvalue weighted by molar-refractivity contribution is -0.138. The molecule has 0 bridgehead atoms. The number of anilines is 2. The average Bonchev–Trinajstić information content (AvgIpc) is 3.83. The predicted octanol–water partition coefficient (Wildman–Crippen LogP) is 4.16. The maximum atomic E-state index is 12.0. The lowest BCUT2D eigenvalue weighted by atomic mass is 10.1. The van der Waals surface area contributed by atoms with Crippen molar-refractivity contribution >= 4 is 17.7 Å². The maximum Gasteiger partial charge on any atom is 0.326 e. The molecule has 2 aliphatic rings. The van der Waals surface area contributed by atoms with Gasteiger partial charge in [0.2, 0.25) is 11.8 Å². The minimum atomic E-state index is -0.911. The Labute approximate surface area is 235 Å². The predicted molar refractivity (Wildman–Crippen MR) is 154 cm³/mol. The summed E-state index contributed by atoms with van der Waals surface area (Å²) in [5.41, 5.74) is 3.54. The van der Waals surface area contributed by atoms with Crippen molar-refractivity contribution in [2.24, 2.45) is 0 Å². The first-order valence-electron chi connectivity index (χ1n) is 14.4. The molecule has 0 aromatic carbocycles. The molecule has 3 aromatic rings. The number of aryl methyl sites for hydroxylation is 2. The van der Waals surface area contributed by atoms with Crippen molar-refractivity contribution in [3.63, 3.8) is 0 Å². The molecule has 1 aliphatic carbocycles. The first-order chi connectivity index (χ1) is 19.6. The Balaban J connectivity index is 1.12. The number of aliphatic carboxylic acids is 1. The van der Waals surface area contributed by atoms with Crippen LogP contribution >= 0.6 is 0 Å². The van der Waals surface area contributed by atoms with E-state index in [1.807, 2.05) is 18.2 Å². The number of carboxylic acids is 1. The van der Waals surface area contributed by atoms with Crippen molar-refractivity contribution in [3.8, 4) is 5.88 Å². The molecule has 1 saturated carbocycles. The van der Waals surface area contributed by atoms with E-state index in [9.17, 15) is 9.90 Å². The van der Waals surface area contributed by atoms with Gasteiger partial charge in [0.05, 0.1) is 0 Å². The molecule has 1 atom stereocenters. The van der Waals surface area contributed by atoms with Crippen molar-refractivity contribution in [3.05, 3.63) is 65.7 Å². The summed E-state index contributed by atoms with van der Waals surface area (Å²) in [5, 5.41) is 16.3. The number of pyridine rings is 2. The van der Waals surface area contributed by atoms with Crippen molar-refractivity contribution in [1.82, 2.24) is 24.8 Å². The van der Waals surface area contributed by atoms with Gasteiger partial charge < -0.3 is 20.5 Å². The molecular formula is C30H39N7O3. The van der Waals surface area contributed by atoms with Gasteiger partial charge >= 0.3 is 5.97 Å². The number of nitrogens with zero attached hydrogens (tertiary/aromatic N) is 5. The number of carbonyl (C=O) groups is 1. The zero-order valence-electron chi connectivity index (χ0n) is 23.0. The topological polar surface area (TPSA) is 125 Å². The molecule has 0 saturated heterocycles. The van der Waals surface area contributed by atoms with Crippen LogP contribution in [0.15, 0.2) is 48.9 Å². The van der Waals surface area contributed by atoms with Crippen LogP contribution in [0.25, 0.3) is 0 Å². The summed E-state index contributed by atoms with van der Waals surface area (Å²) >= 11 is 0. The van der Waals surface area contributed by atoms with Gasteiger partial charge in [-0.25, -0.2) is 24.7 Å². The van der Waals surface area contributed by atoms with Crippen LogP contribution in [-0.4, -0.2) is 74.7 Å². The van der Waals surface area contributed by atoms with Crippen LogP contribution in [-0.2, 0) is 17.6 Å². The molecule has 3 aromatic heterocycles. The van der Waals surface area contributed by atoms with E-state index in [2.05, 4.69) is 42.6 Å². The van der Waals surface area contributed by atoms with E-state index in [1.54, 1.807) is 18.6 Å². The molecule has 0 unspecified atom stereocenters. The van der Waals surface area contributed by atoms with Crippen LogP contribution in [0.2, 0.25) is 0 Å². The third kappa shape index (κ3) is 8.35. The van der Waals surface area contributed by atoms with Gasteiger partial charge in [-0.05, 0) is 87.1 Å². The maximum absolute atomic E-state index is 12.0. The molecule has 10 heteroatoms. The van der Waals surface area contributed by atoms with Gasteiger partial charge in [0, 0.05) is 50.0 Å². The Bertz CT molecular complexity index is 1220. The van der Waals surface area contributed by atoms with E-state index >= 15 is 0 Å². The number of rotatable bonds is 16. The fourth-order valence-electron chi connectivity index (χ4n) is 4.96. The quantitative estimate of drug-likeness (QED) is 0.226. The fourth-order valence-corrected chi connectivity index (χ4v) is 4.96. The summed E-state index contributed by atoms with van der Waals surface area (Å²) in [6.07, 6.45) is 13.2. The van der Waals surface area contributed by atoms with E-state index in [0.717, 1.165) is 62.3 Å². The van der Waals surface area contributed by atoms with Crippen LogP contribution in [0.3, 0.4) is 0 Å². The van der Waals surface area contributed by atoms with Crippen LogP contribution in [0.5, 0.6) is 5.88 Å². The van der Waals surface area contributed by atoms with E-state index in [1.165, 1.54) is 18.4 Å². The van der Waals surface area contributed by atoms with Gasteiger partial charge in [-0.3, -0.25) is 4.90 Å². The summed E-state index contributed by atoms with van der Waals surface area (Å²) in [6, 6.07) is 9.16. The zero-order valence-corrected chi connectivity index (χ0v) is 23.0. The molecule has 0 radical (unpaired) electrons. The number of hydrogen-bond donors (Lipinski definition) is 3. The Morgan fingerprint density at radius 1 is 1.10 bits per heavy atom. The minimum Gasteiger partial charge on any atom is -0.480 e. The molecule has 4 heterocycles. The monoisotopic (exact) mass is 545 g/mol. The van der Waals surface area contributed by atoms with Crippen molar-refractivity contribution < 1.29 is 14.6 Å². The van der Waals surface area contributed by atoms with E-state index < -0.39 is 12.0 Å². The van der Waals surface area contributed by atoms with Crippen LogP contribution in [0, 0.1) is 0 Å². The molecular weight excluding hydrogens is 506 g/mol. The highest BCUT2D eigenvalue weighted by atomic mass is 16.5. The largest absolute Gasteiger partial charge is 0.480 e. The molecule has 0 spiro atoms. The average molecular weight is 546 g/mol. The summed E-state index contributed by atoms with van der Waals surface area (Å²) < 4.78 is 5.83. The van der Waals surface area contributed by atoms with Crippen LogP contribution < -0.4 is 15.4 Å². The van der Waals surface area contributed by atoms with Gasteiger partial charge in [0.1, 0.15) is 18.5 Å². The van der Waals surface area contributed by atoms with Crippen molar-refractivity contribution in [1.29, 1.82) is 0 Å². The smallest absolute Gasteiger partial charge is 0.326 e. The number of nitrogens with one attached hydrogen (secondary N) is 2. The molecule has 3 N–H and O–H groups in total. The molecule has 1 fully saturated rings. The summed E-state index contributed by atoms with van der Waals surface area (Å²) in [6.45, 7) is 3.59. The minimum absolute atomic E-state index is 0.355. The Kier molecular flexibility index (Phi) is 9.73. The number of carboxylic acid groups (broad SMARTS) is 1. The Hall–Kier alpha value is -3.79. The van der Waals surface area contributed by atoms with Crippen LogP contribution in [0.1, 0.15) is 61.3 Å². The highest BCUT2D eigenvalue weighted by molar-refractivity contribution is 5.76. The number of hydrogen-bond acceptors (Lipinski definition) is 9. The third-order valence-corrected chi connectivity index (χ3v) is 7.46. The first-order valence-corrected chi connectivity index (χ1v) is 14.4. The number of aromatic nitrogens is 4. The standard InChI is InChI=1S/C30H39N7O3/c38-29(39)26(36-30-33-20-24(21-34-30)22-9-10-22)13-17-37(18-19-40-27-8-1-3-14-31-27)16-4-2-7-25-12-11-23-6-5-15-32-28(23)35-25/h1,3,8,11-12,14,20-22,26H,2,4-7,9-10,13,15-19H2,(H,32,35)(H,38,39)(H,33,34,36)/t26-/m0/s1. The fraction of sp³-hybridized carbons (Fsp3) is 0.500. The van der Waals surface area contributed by atoms with Crippen LogP contribution in [0.4, 0.5) is 11.8 Å². The molecule has 1 aliphatic heterocycles. The normalized spacial score (nSPS) is 15.2. The van der Waals surface area contributed by atoms with Gasteiger partial charge in [-0.2, -0.15) is 0 Å². The van der Waals surface area contributed by atoms with E-state index in [0.29, 0.717) is 43.9 Å². The second kappa shape index (κ2) is 14.0. The lowest BCUT2D eigenvalue weighted by Gasteiger charge is -2.24. The second-order valence-electron chi connectivity index (χ2n) is 10.6. The number of ether oxygens (including phenoxy) is 1. The van der Waals surface area contributed by atoms with Crippen molar-refractivity contribution in [2.75, 3.05) is 43.4 Å². The van der Waals surface area contributed by atoms with Gasteiger partial charge in [0.15, 0.2) is 0 Å². The van der Waals surface area contributed by atoms with E-state index in [4.69, 9.17) is 9.72 Å². The highest BCUT2D eigenvalue weighted by Gasteiger charge is 2.25. The summed E-state index contributed by atoms with van der Waals surface area (Å²) in [4.78, 5) is 32.0. The molecule has 212 valence electrons. The SMILES string of the molecule is O=C(O)[C@H](CCN(CCCCc1ccc2c(n1)NCCC2)CCOc1ccccn1)Nc1ncc(C2CC2)cn1. The summed E-state index contributed by atoms with van der Waals surface area (Å²) in [7, 11) is 0. The Morgan fingerprint density at radius 2 is 1.98 bits per heavy atom. The molecule has 10 nitrogen and oxygen atoms in total. The molecule has 5 rings (SSSR count). The van der Waals surface area contributed by atoms with E-state index in [-0.39, 0.29) is 0 Å². The summed E-state index contributed by atoms with van der Waals surface area (Å²) in [5.74, 6) is 1.63. The number of fused-ring (bicyclic) bond motifs is 1. The lowest BCUT2D eigenvalue weighted by Crippen LogP contribution is -2.37. The second-order valence-corrected chi connectivity index (χ2v) is 10.6. The highest BCUT2D eigenvalue weighted by Crippen LogP contribution is 2.39. The number of unbranched alkanes of at least 4 members (excludes halogenated alkanes) is 1. The van der Waals surface area contributed by atoms with Crippen molar-refractivity contribution in [2.45, 2.75) is 63.3 Å². The first kappa shape index (κ1) is 27.8. The van der Waals surface area contributed by atoms with Gasteiger partial charge in [-0.15, -0.1) is 0 Å². The third-order valence-electron chi connectivity index (χ3n) is 7.46.